The van der Waals surface area contributed by atoms with Crippen LogP contribution >= 0.6 is 38.9 Å². The van der Waals surface area contributed by atoms with Gasteiger partial charge < -0.3 is 5.32 Å². The second kappa shape index (κ2) is 4.42. The van der Waals surface area contributed by atoms with Gasteiger partial charge in [0.25, 0.3) is 0 Å². The number of nitrogens with zero attached hydrogens (tertiary/aromatic N) is 2. The van der Waals surface area contributed by atoms with E-state index in [2.05, 4.69) is 31.4 Å². The molecule has 0 fully saturated rings. The molecule has 0 aliphatic heterocycles. The van der Waals surface area contributed by atoms with Gasteiger partial charge in [-0.3, -0.25) is 0 Å². The predicted molar refractivity (Wildman–Crippen MR) is 62.3 cm³/mol. The van der Waals surface area contributed by atoms with Crippen LogP contribution in [-0.2, 0) is 0 Å². The second-order valence-electron chi connectivity index (χ2n) is 2.59. The van der Waals surface area contributed by atoms with Crippen LogP contribution in [0.4, 0.5) is 15.2 Å². The zero-order valence-electron chi connectivity index (χ0n) is 7.17. The van der Waals surface area contributed by atoms with Crippen molar-refractivity contribution in [2.24, 2.45) is 0 Å². The third-order valence-corrected chi connectivity index (χ3v) is 3.16. The molecule has 2 rings (SSSR count). The lowest BCUT2D eigenvalue weighted by molar-refractivity contribution is 0.632. The van der Waals surface area contributed by atoms with Crippen molar-refractivity contribution in [2.75, 3.05) is 5.32 Å². The Bertz CT molecular complexity index is 490. The number of halogens is 3. The number of benzene rings is 1. The van der Waals surface area contributed by atoms with Crippen LogP contribution in [0.1, 0.15) is 0 Å². The summed E-state index contributed by atoms with van der Waals surface area (Å²) in [5, 5.41) is 10.9. The summed E-state index contributed by atoms with van der Waals surface area (Å²) in [6.45, 7) is 0. The normalized spacial score (nSPS) is 10.3. The van der Waals surface area contributed by atoms with Crippen molar-refractivity contribution in [3.8, 4) is 0 Å². The zero-order valence-corrected chi connectivity index (χ0v) is 10.3. The molecular formula is C8H4BrClFN3S. The van der Waals surface area contributed by atoms with Gasteiger partial charge in [-0.25, -0.2) is 4.39 Å². The van der Waals surface area contributed by atoms with E-state index in [1.54, 1.807) is 12.1 Å². The van der Waals surface area contributed by atoms with E-state index in [4.69, 9.17) is 11.6 Å². The van der Waals surface area contributed by atoms with Crippen LogP contribution in [-0.4, -0.2) is 10.2 Å². The SMILES string of the molecule is Fc1c(Cl)cccc1Nc1nnc(Br)s1. The van der Waals surface area contributed by atoms with Gasteiger partial charge in [0, 0.05) is 0 Å². The van der Waals surface area contributed by atoms with Crippen LogP contribution in [0.3, 0.4) is 0 Å². The zero-order chi connectivity index (χ0) is 10.8. The number of rotatable bonds is 2. The molecule has 0 amide bonds. The Hall–Kier alpha value is -0.720. The molecule has 0 saturated heterocycles. The first-order chi connectivity index (χ1) is 7.16. The molecule has 0 aliphatic rings. The van der Waals surface area contributed by atoms with Crippen LogP contribution in [0.25, 0.3) is 0 Å². The summed E-state index contributed by atoms with van der Waals surface area (Å²) in [4.78, 5) is 0. The summed E-state index contributed by atoms with van der Waals surface area (Å²) >= 11 is 10.1. The Morgan fingerprint density at radius 3 is 2.87 bits per heavy atom. The molecule has 78 valence electrons. The van der Waals surface area contributed by atoms with Crippen LogP contribution < -0.4 is 5.32 Å². The molecule has 1 aromatic heterocycles. The van der Waals surface area contributed by atoms with Crippen molar-refractivity contribution >= 4 is 49.7 Å². The minimum Gasteiger partial charge on any atom is -0.328 e. The minimum atomic E-state index is -0.495. The van der Waals surface area contributed by atoms with Crippen LogP contribution in [0.15, 0.2) is 22.1 Å². The highest BCUT2D eigenvalue weighted by molar-refractivity contribution is 9.11. The largest absolute Gasteiger partial charge is 0.328 e. The van der Waals surface area contributed by atoms with E-state index in [1.807, 2.05) is 0 Å². The molecule has 15 heavy (non-hydrogen) atoms. The second-order valence-corrected chi connectivity index (χ2v) is 5.25. The fourth-order valence-corrected chi connectivity index (χ4v) is 2.17. The van der Waals surface area contributed by atoms with Gasteiger partial charge in [0.05, 0.1) is 10.7 Å². The number of hydrogen-bond acceptors (Lipinski definition) is 4. The summed E-state index contributed by atoms with van der Waals surface area (Å²) in [5.41, 5.74) is 0.283. The highest BCUT2D eigenvalue weighted by Crippen LogP contribution is 2.28. The van der Waals surface area contributed by atoms with E-state index < -0.39 is 5.82 Å². The lowest BCUT2D eigenvalue weighted by atomic mass is 10.3. The molecule has 7 heteroatoms. The maximum Gasteiger partial charge on any atom is 0.210 e. The van der Waals surface area contributed by atoms with Crippen molar-refractivity contribution in [1.29, 1.82) is 0 Å². The maximum atomic E-state index is 13.4. The minimum absolute atomic E-state index is 0.0728. The third kappa shape index (κ3) is 2.45. The Balaban J connectivity index is 2.28. The Kier molecular flexibility index (Phi) is 3.18. The Morgan fingerprint density at radius 2 is 2.20 bits per heavy atom. The average molecular weight is 309 g/mol. The van der Waals surface area contributed by atoms with Gasteiger partial charge in [0.1, 0.15) is 0 Å². The third-order valence-electron chi connectivity index (χ3n) is 1.59. The first kappa shape index (κ1) is 10.8. The number of anilines is 2. The monoisotopic (exact) mass is 307 g/mol. The average Bonchev–Trinajstić information content (AvgIpc) is 2.59. The maximum absolute atomic E-state index is 13.4. The fraction of sp³-hybridized carbons (Fsp3) is 0. The van der Waals surface area contributed by atoms with E-state index in [9.17, 15) is 4.39 Å². The number of aromatic nitrogens is 2. The summed E-state index contributed by atoms with van der Waals surface area (Å²) in [7, 11) is 0. The number of nitrogens with one attached hydrogen (secondary N) is 1. The van der Waals surface area contributed by atoms with E-state index >= 15 is 0 Å². The molecule has 2 aromatic rings. The molecule has 0 radical (unpaired) electrons. The van der Waals surface area contributed by atoms with E-state index in [0.29, 0.717) is 9.05 Å². The first-order valence-corrected chi connectivity index (χ1v) is 5.85. The van der Waals surface area contributed by atoms with Gasteiger partial charge in [-0.15, -0.1) is 10.2 Å². The molecule has 3 nitrogen and oxygen atoms in total. The summed E-state index contributed by atoms with van der Waals surface area (Å²) in [6.07, 6.45) is 0. The van der Waals surface area contributed by atoms with Gasteiger partial charge in [0.2, 0.25) is 5.13 Å². The highest BCUT2D eigenvalue weighted by Gasteiger charge is 2.08. The Labute approximate surface area is 102 Å². The molecule has 0 atom stereocenters. The summed E-state index contributed by atoms with van der Waals surface area (Å²) in [5.74, 6) is -0.495. The lowest BCUT2D eigenvalue weighted by Crippen LogP contribution is -1.93. The molecule has 0 aliphatic carbocycles. The van der Waals surface area contributed by atoms with Gasteiger partial charge in [-0.05, 0) is 28.1 Å². The van der Waals surface area contributed by atoms with Gasteiger partial charge in [0.15, 0.2) is 9.73 Å². The first-order valence-electron chi connectivity index (χ1n) is 3.87. The van der Waals surface area contributed by atoms with E-state index in [-0.39, 0.29) is 10.7 Å². The van der Waals surface area contributed by atoms with Crippen molar-refractivity contribution in [3.63, 3.8) is 0 Å². The molecule has 1 N–H and O–H groups in total. The van der Waals surface area contributed by atoms with Gasteiger partial charge >= 0.3 is 0 Å². The summed E-state index contributed by atoms with van der Waals surface area (Å²) < 4.78 is 14.1. The standard InChI is InChI=1S/C8H4BrClFN3S/c9-7-13-14-8(15-7)12-5-3-1-2-4(10)6(5)11/h1-3H,(H,12,14). The lowest BCUT2D eigenvalue weighted by Gasteiger charge is -2.03. The molecule has 0 spiro atoms. The van der Waals surface area contributed by atoms with Crippen molar-refractivity contribution in [2.45, 2.75) is 0 Å². The quantitative estimate of drug-likeness (QED) is 0.916. The molecule has 0 saturated carbocycles. The molecule has 1 aromatic carbocycles. The molecule has 1 heterocycles. The van der Waals surface area contributed by atoms with Crippen molar-refractivity contribution in [3.05, 3.63) is 33.0 Å². The van der Waals surface area contributed by atoms with E-state index in [1.165, 1.54) is 17.4 Å². The highest BCUT2D eigenvalue weighted by atomic mass is 79.9. The fourth-order valence-electron chi connectivity index (χ4n) is 0.971. The Morgan fingerprint density at radius 1 is 1.40 bits per heavy atom. The smallest absolute Gasteiger partial charge is 0.210 e. The molecular weight excluding hydrogens is 305 g/mol. The van der Waals surface area contributed by atoms with E-state index in [0.717, 1.165) is 0 Å². The van der Waals surface area contributed by atoms with Crippen LogP contribution in [0.2, 0.25) is 5.02 Å². The topological polar surface area (TPSA) is 37.8 Å². The molecule has 0 bridgehead atoms. The van der Waals surface area contributed by atoms with Gasteiger partial charge in [-0.1, -0.05) is 29.0 Å². The summed E-state index contributed by atoms with van der Waals surface area (Å²) in [6, 6.07) is 4.72. The molecule has 0 unspecified atom stereocenters. The predicted octanol–water partition coefficient (Wildman–Crippen LogP) is 3.84. The van der Waals surface area contributed by atoms with Crippen LogP contribution in [0, 0.1) is 5.82 Å². The number of hydrogen-bond donors (Lipinski definition) is 1. The van der Waals surface area contributed by atoms with Crippen molar-refractivity contribution < 1.29 is 4.39 Å². The van der Waals surface area contributed by atoms with Gasteiger partial charge in [-0.2, -0.15) is 0 Å². The van der Waals surface area contributed by atoms with Crippen molar-refractivity contribution in [1.82, 2.24) is 10.2 Å². The van der Waals surface area contributed by atoms with Crippen LogP contribution in [0.5, 0.6) is 0 Å².